The third kappa shape index (κ3) is 3.34. The van der Waals surface area contributed by atoms with Crippen molar-refractivity contribution in [1.82, 2.24) is 4.90 Å². The van der Waals surface area contributed by atoms with Crippen LogP contribution in [-0.2, 0) is 10.0 Å². The minimum atomic E-state index is -3.68. The van der Waals surface area contributed by atoms with Crippen molar-refractivity contribution in [2.75, 3.05) is 17.0 Å². The first kappa shape index (κ1) is 16.7. The van der Waals surface area contributed by atoms with Crippen LogP contribution in [0.2, 0.25) is 0 Å². The molecule has 0 aromatic heterocycles. The smallest absolute Gasteiger partial charge is 0.261 e. The standard InChI is InChI=1S/C16H13BrN2O4S/c17-11-5-7-12(8-6-11)18-24(22,23)10-9-19-15(20)13-3-1-2-4-14(13)16(19)21/h1-8,18H,9-10H2. The number of sulfonamides is 1. The second-order valence-electron chi connectivity index (χ2n) is 5.24. The lowest BCUT2D eigenvalue weighted by Crippen LogP contribution is -2.35. The Morgan fingerprint density at radius 1 is 0.917 bits per heavy atom. The number of amides is 2. The summed E-state index contributed by atoms with van der Waals surface area (Å²) in [6, 6.07) is 13.1. The van der Waals surface area contributed by atoms with E-state index in [0.717, 1.165) is 9.37 Å². The lowest BCUT2D eigenvalue weighted by Gasteiger charge is -2.14. The van der Waals surface area contributed by atoms with Crippen LogP contribution >= 0.6 is 15.9 Å². The second-order valence-corrected chi connectivity index (χ2v) is 7.99. The first-order valence-corrected chi connectivity index (χ1v) is 9.53. The van der Waals surface area contributed by atoms with Crippen molar-refractivity contribution in [3.05, 3.63) is 64.1 Å². The maximum absolute atomic E-state index is 12.2. The van der Waals surface area contributed by atoms with Crippen molar-refractivity contribution in [2.24, 2.45) is 0 Å². The Kier molecular flexibility index (Phi) is 4.42. The maximum Gasteiger partial charge on any atom is 0.261 e. The molecule has 24 heavy (non-hydrogen) atoms. The zero-order chi connectivity index (χ0) is 17.3. The summed E-state index contributed by atoms with van der Waals surface area (Å²) in [7, 11) is -3.68. The number of rotatable bonds is 5. The summed E-state index contributed by atoms with van der Waals surface area (Å²) in [4.78, 5) is 25.4. The van der Waals surface area contributed by atoms with Gasteiger partial charge in [0.15, 0.2) is 0 Å². The number of benzene rings is 2. The van der Waals surface area contributed by atoms with Gasteiger partial charge < -0.3 is 0 Å². The summed E-state index contributed by atoms with van der Waals surface area (Å²) < 4.78 is 27.6. The quantitative estimate of drug-likeness (QED) is 0.770. The summed E-state index contributed by atoms with van der Waals surface area (Å²) in [6.45, 7) is -0.196. The van der Waals surface area contributed by atoms with E-state index in [1.54, 1.807) is 48.5 Å². The highest BCUT2D eigenvalue weighted by molar-refractivity contribution is 9.10. The van der Waals surface area contributed by atoms with Gasteiger partial charge in [-0.3, -0.25) is 19.2 Å². The number of fused-ring (bicyclic) bond motifs is 1. The molecule has 2 amide bonds. The molecule has 1 aliphatic rings. The van der Waals surface area contributed by atoms with E-state index in [1.165, 1.54) is 0 Å². The van der Waals surface area contributed by atoms with Crippen molar-refractivity contribution in [1.29, 1.82) is 0 Å². The molecule has 2 aromatic carbocycles. The monoisotopic (exact) mass is 408 g/mol. The Labute approximate surface area is 147 Å². The summed E-state index contributed by atoms with van der Waals surface area (Å²) in [6.07, 6.45) is 0. The van der Waals surface area contributed by atoms with Crippen LogP contribution in [0.25, 0.3) is 0 Å². The maximum atomic E-state index is 12.2. The van der Waals surface area contributed by atoms with Crippen LogP contribution < -0.4 is 4.72 Å². The molecule has 3 rings (SSSR count). The predicted octanol–water partition coefficient (Wildman–Crippen LogP) is 2.49. The van der Waals surface area contributed by atoms with Gasteiger partial charge in [0.05, 0.1) is 16.9 Å². The molecule has 124 valence electrons. The van der Waals surface area contributed by atoms with Gasteiger partial charge in [-0.2, -0.15) is 0 Å². The molecule has 0 spiro atoms. The average molecular weight is 409 g/mol. The topological polar surface area (TPSA) is 83.6 Å². The number of nitrogens with zero attached hydrogens (tertiary/aromatic N) is 1. The summed E-state index contributed by atoms with van der Waals surface area (Å²) >= 11 is 3.27. The Morgan fingerprint density at radius 3 is 2.00 bits per heavy atom. The largest absolute Gasteiger partial charge is 0.283 e. The fourth-order valence-electron chi connectivity index (χ4n) is 2.40. The van der Waals surface area contributed by atoms with E-state index < -0.39 is 21.8 Å². The molecular formula is C16H13BrN2O4S. The molecule has 1 N–H and O–H groups in total. The van der Waals surface area contributed by atoms with Gasteiger partial charge in [0.1, 0.15) is 0 Å². The number of imide groups is 1. The summed E-state index contributed by atoms with van der Waals surface area (Å²) in [5.74, 6) is -1.29. The number of nitrogens with one attached hydrogen (secondary N) is 1. The highest BCUT2D eigenvalue weighted by Gasteiger charge is 2.35. The van der Waals surface area contributed by atoms with Crippen molar-refractivity contribution < 1.29 is 18.0 Å². The van der Waals surface area contributed by atoms with Gasteiger partial charge in [-0.25, -0.2) is 8.42 Å². The number of carbonyl (C=O) groups excluding carboxylic acids is 2. The van der Waals surface area contributed by atoms with Crippen molar-refractivity contribution >= 4 is 43.5 Å². The van der Waals surface area contributed by atoms with Gasteiger partial charge in [-0.05, 0) is 36.4 Å². The van der Waals surface area contributed by atoms with Crippen molar-refractivity contribution in [3.8, 4) is 0 Å². The lowest BCUT2D eigenvalue weighted by molar-refractivity contribution is 0.0664. The molecule has 6 nitrogen and oxygen atoms in total. The summed E-state index contributed by atoms with van der Waals surface area (Å²) in [5, 5.41) is 0. The van der Waals surface area contributed by atoms with Crippen LogP contribution in [0.1, 0.15) is 20.7 Å². The Balaban J connectivity index is 1.68. The van der Waals surface area contributed by atoms with Crippen LogP contribution in [0.15, 0.2) is 53.0 Å². The fourth-order valence-corrected chi connectivity index (χ4v) is 3.69. The fraction of sp³-hybridized carbons (Fsp3) is 0.125. The molecule has 1 heterocycles. The van der Waals surface area contributed by atoms with E-state index in [1.807, 2.05) is 0 Å². The third-order valence-corrected chi connectivity index (χ3v) is 5.37. The van der Waals surface area contributed by atoms with Crippen LogP contribution in [0.3, 0.4) is 0 Å². The molecule has 0 aliphatic carbocycles. The van der Waals surface area contributed by atoms with Gasteiger partial charge >= 0.3 is 0 Å². The number of hydrogen-bond acceptors (Lipinski definition) is 4. The number of hydrogen-bond donors (Lipinski definition) is 1. The van der Waals surface area contributed by atoms with E-state index >= 15 is 0 Å². The second kappa shape index (κ2) is 6.37. The van der Waals surface area contributed by atoms with Crippen LogP contribution in [0.4, 0.5) is 5.69 Å². The van der Waals surface area contributed by atoms with E-state index in [2.05, 4.69) is 20.7 Å². The molecule has 0 bridgehead atoms. The van der Waals surface area contributed by atoms with Crippen molar-refractivity contribution in [2.45, 2.75) is 0 Å². The van der Waals surface area contributed by atoms with E-state index in [-0.39, 0.29) is 12.3 Å². The SMILES string of the molecule is O=C1c2ccccc2C(=O)N1CCS(=O)(=O)Nc1ccc(Br)cc1. The molecule has 0 radical (unpaired) electrons. The number of carbonyl (C=O) groups is 2. The molecule has 0 unspecified atom stereocenters. The molecule has 1 aliphatic heterocycles. The molecule has 0 saturated heterocycles. The normalized spacial score (nSPS) is 14.0. The van der Waals surface area contributed by atoms with E-state index in [0.29, 0.717) is 16.8 Å². The Bertz CT molecular complexity index is 875. The van der Waals surface area contributed by atoms with Crippen LogP contribution in [0, 0.1) is 0 Å². The zero-order valence-electron chi connectivity index (χ0n) is 12.4. The van der Waals surface area contributed by atoms with Crippen molar-refractivity contribution in [3.63, 3.8) is 0 Å². The van der Waals surface area contributed by atoms with E-state index in [4.69, 9.17) is 0 Å². The van der Waals surface area contributed by atoms with Crippen LogP contribution in [-0.4, -0.2) is 37.4 Å². The number of halogens is 1. The Hall–Kier alpha value is -2.19. The molecular weight excluding hydrogens is 396 g/mol. The zero-order valence-corrected chi connectivity index (χ0v) is 14.8. The van der Waals surface area contributed by atoms with Gasteiger partial charge in [-0.1, -0.05) is 28.1 Å². The van der Waals surface area contributed by atoms with Gasteiger partial charge in [-0.15, -0.1) is 0 Å². The molecule has 2 aromatic rings. The summed E-state index contributed by atoms with van der Waals surface area (Å²) in [5.41, 5.74) is 1.03. The minimum absolute atomic E-state index is 0.196. The molecule has 0 fully saturated rings. The predicted molar refractivity (Wildman–Crippen MR) is 93.4 cm³/mol. The van der Waals surface area contributed by atoms with E-state index in [9.17, 15) is 18.0 Å². The minimum Gasteiger partial charge on any atom is -0.283 e. The third-order valence-electron chi connectivity index (χ3n) is 3.58. The first-order valence-electron chi connectivity index (χ1n) is 7.09. The first-order chi connectivity index (χ1) is 11.4. The molecule has 0 atom stereocenters. The van der Waals surface area contributed by atoms with Gasteiger partial charge in [0.2, 0.25) is 10.0 Å². The molecule has 8 heteroatoms. The highest BCUT2D eigenvalue weighted by atomic mass is 79.9. The average Bonchev–Trinajstić information content (AvgIpc) is 2.79. The van der Waals surface area contributed by atoms with Crippen LogP contribution in [0.5, 0.6) is 0 Å². The number of anilines is 1. The highest BCUT2D eigenvalue weighted by Crippen LogP contribution is 2.22. The van der Waals surface area contributed by atoms with Gasteiger partial charge in [0.25, 0.3) is 11.8 Å². The molecule has 0 saturated carbocycles. The lowest BCUT2D eigenvalue weighted by atomic mass is 10.1. The van der Waals surface area contributed by atoms with Gasteiger partial charge in [0, 0.05) is 16.7 Å². The Morgan fingerprint density at radius 2 is 1.46 bits per heavy atom.